The van der Waals surface area contributed by atoms with Gasteiger partial charge in [-0.15, -0.1) is 0 Å². The molecule has 2 nitrogen and oxygen atoms in total. The van der Waals surface area contributed by atoms with E-state index in [1.807, 2.05) is 0 Å². The quantitative estimate of drug-likeness (QED) is 0.787. The lowest BCUT2D eigenvalue weighted by Gasteiger charge is -2.41. The number of rotatable bonds is 1. The molecule has 0 aromatic heterocycles. The summed E-state index contributed by atoms with van der Waals surface area (Å²) in [6.45, 7) is 2.28. The first-order chi connectivity index (χ1) is 10.3. The first-order valence-corrected chi connectivity index (χ1v) is 7.79. The van der Waals surface area contributed by atoms with E-state index in [0.717, 1.165) is 18.8 Å². The molecule has 0 amide bonds. The van der Waals surface area contributed by atoms with Gasteiger partial charge >= 0.3 is 0 Å². The number of benzene rings is 2. The molecule has 2 aliphatic heterocycles. The monoisotopic (exact) mass is 279 g/mol. The van der Waals surface area contributed by atoms with Crippen LogP contribution in [0.4, 0.5) is 0 Å². The second-order valence-corrected chi connectivity index (χ2v) is 6.36. The van der Waals surface area contributed by atoms with E-state index >= 15 is 0 Å². The van der Waals surface area contributed by atoms with Crippen LogP contribution in [-0.2, 0) is 5.41 Å². The van der Waals surface area contributed by atoms with Crippen molar-refractivity contribution in [2.24, 2.45) is 0 Å². The fraction of sp³-hybridized carbons (Fsp3) is 0.368. The Hall–Kier alpha value is -1.80. The molecule has 0 saturated carbocycles. The predicted molar refractivity (Wildman–Crippen MR) is 84.7 cm³/mol. The van der Waals surface area contributed by atoms with E-state index in [-0.39, 0.29) is 11.5 Å². The summed E-state index contributed by atoms with van der Waals surface area (Å²) in [6.07, 6.45) is 2.49. The first kappa shape index (κ1) is 12.9. The molecule has 1 fully saturated rings. The minimum Gasteiger partial charge on any atom is -0.484 e. The van der Waals surface area contributed by atoms with Crippen molar-refractivity contribution in [2.45, 2.75) is 24.4 Å². The molecule has 2 aromatic carbocycles. The van der Waals surface area contributed by atoms with Crippen molar-refractivity contribution >= 4 is 0 Å². The zero-order valence-electron chi connectivity index (χ0n) is 12.5. The Kier molecular flexibility index (Phi) is 3.00. The summed E-state index contributed by atoms with van der Waals surface area (Å²) in [4.78, 5) is 2.42. The van der Waals surface area contributed by atoms with Crippen LogP contribution in [0, 0.1) is 0 Å². The van der Waals surface area contributed by atoms with Crippen molar-refractivity contribution in [3.05, 3.63) is 65.7 Å². The van der Waals surface area contributed by atoms with Crippen LogP contribution in [0.2, 0.25) is 0 Å². The summed E-state index contributed by atoms with van der Waals surface area (Å²) in [5.74, 6) is 1.08. The van der Waals surface area contributed by atoms with E-state index in [4.69, 9.17) is 4.74 Å². The molecule has 0 N–H and O–H groups in total. The normalized spacial score (nSPS) is 23.8. The average molecular weight is 279 g/mol. The number of nitrogens with zero attached hydrogens (tertiary/aromatic N) is 1. The van der Waals surface area contributed by atoms with Gasteiger partial charge in [0.1, 0.15) is 11.9 Å². The lowest BCUT2D eigenvalue weighted by Crippen LogP contribution is -2.43. The Morgan fingerprint density at radius 2 is 1.62 bits per heavy atom. The van der Waals surface area contributed by atoms with Gasteiger partial charge in [-0.05, 0) is 44.6 Å². The average Bonchev–Trinajstić information content (AvgIpc) is 2.86. The van der Waals surface area contributed by atoms with Gasteiger partial charge in [-0.3, -0.25) is 0 Å². The highest BCUT2D eigenvalue weighted by atomic mass is 16.5. The third-order valence-corrected chi connectivity index (χ3v) is 5.15. The molecular weight excluding hydrogens is 258 g/mol. The molecule has 21 heavy (non-hydrogen) atoms. The Morgan fingerprint density at radius 1 is 0.952 bits per heavy atom. The van der Waals surface area contributed by atoms with Gasteiger partial charge in [0, 0.05) is 11.0 Å². The number of hydrogen-bond donors (Lipinski definition) is 0. The molecule has 2 heteroatoms. The van der Waals surface area contributed by atoms with Gasteiger partial charge in [0.05, 0.1) is 0 Å². The van der Waals surface area contributed by atoms with Crippen LogP contribution < -0.4 is 4.74 Å². The van der Waals surface area contributed by atoms with Crippen molar-refractivity contribution in [2.75, 3.05) is 20.1 Å². The molecule has 1 spiro atoms. The molecular formula is C19H21NO. The molecule has 0 aliphatic carbocycles. The maximum Gasteiger partial charge on any atom is 0.134 e. The van der Waals surface area contributed by atoms with Gasteiger partial charge in [0.25, 0.3) is 0 Å². The molecule has 2 heterocycles. The van der Waals surface area contributed by atoms with Gasteiger partial charge in [-0.2, -0.15) is 0 Å². The fourth-order valence-corrected chi connectivity index (χ4v) is 3.93. The summed E-state index contributed by atoms with van der Waals surface area (Å²) >= 11 is 0. The third kappa shape index (κ3) is 1.97. The van der Waals surface area contributed by atoms with Gasteiger partial charge in [0.2, 0.25) is 0 Å². The number of piperidine rings is 1. The zero-order valence-corrected chi connectivity index (χ0v) is 12.5. The Labute approximate surface area is 126 Å². The highest BCUT2D eigenvalue weighted by molar-refractivity contribution is 5.48. The highest BCUT2D eigenvalue weighted by Crippen LogP contribution is 2.55. The molecule has 4 rings (SSSR count). The minimum atomic E-state index is 0.143. The van der Waals surface area contributed by atoms with E-state index in [2.05, 4.69) is 66.5 Å². The summed E-state index contributed by atoms with van der Waals surface area (Å²) in [5.41, 5.74) is 2.86. The molecule has 108 valence electrons. The second kappa shape index (κ2) is 4.88. The number of fused-ring (bicyclic) bond motifs is 2. The number of ether oxygens (including phenoxy) is 1. The van der Waals surface area contributed by atoms with E-state index in [1.165, 1.54) is 24.0 Å². The van der Waals surface area contributed by atoms with E-state index < -0.39 is 0 Å². The highest BCUT2D eigenvalue weighted by Gasteiger charge is 2.50. The number of hydrogen-bond acceptors (Lipinski definition) is 2. The van der Waals surface area contributed by atoms with Gasteiger partial charge < -0.3 is 9.64 Å². The summed E-state index contributed by atoms with van der Waals surface area (Å²) < 4.78 is 6.40. The SMILES string of the molecule is CN1CCC2(CC1)c1ccccc1OC2c1ccccc1. The number of likely N-dealkylation sites (tertiary alicyclic amines) is 1. The molecule has 2 aromatic rings. The van der Waals surface area contributed by atoms with Gasteiger partial charge in [-0.1, -0.05) is 48.5 Å². The third-order valence-electron chi connectivity index (χ3n) is 5.15. The fourth-order valence-electron chi connectivity index (χ4n) is 3.93. The van der Waals surface area contributed by atoms with E-state index in [0.29, 0.717) is 0 Å². The smallest absolute Gasteiger partial charge is 0.134 e. The van der Waals surface area contributed by atoms with E-state index in [9.17, 15) is 0 Å². The zero-order chi connectivity index (χ0) is 14.3. The Morgan fingerprint density at radius 3 is 2.38 bits per heavy atom. The summed E-state index contributed by atoms with van der Waals surface area (Å²) in [6, 6.07) is 19.3. The summed E-state index contributed by atoms with van der Waals surface area (Å²) in [5, 5.41) is 0. The van der Waals surface area contributed by atoms with Crippen LogP contribution in [0.15, 0.2) is 54.6 Å². The van der Waals surface area contributed by atoms with Crippen LogP contribution in [0.25, 0.3) is 0 Å². The molecule has 1 unspecified atom stereocenters. The van der Waals surface area contributed by atoms with Crippen LogP contribution >= 0.6 is 0 Å². The standard InChI is InChI=1S/C19H21NO/c1-20-13-11-19(12-14-20)16-9-5-6-10-17(16)21-18(19)15-7-3-2-4-8-15/h2-10,18H,11-14H2,1H3. The molecule has 0 radical (unpaired) electrons. The van der Waals surface area contributed by atoms with Crippen molar-refractivity contribution in [1.29, 1.82) is 0 Å². The molecule has 2 aliphatic rings. The molecule has 1 saturated heterocycles. The van der Waals surface area contributed by atoms with Crippen molar-refractivity contribution in [1.82, 2.24) is 4.90 Å². The Balaban J connectivity index is 1.81. The minimum absolute atomic E-state index is 0.143. The lowest BCUT2D eigenvalue weighted by molar-refractivity contribution is 0.0861. The van der Waals surface area contributed by atoms with E-state index in [1.54, 1.807) is 0 Å². The molecule has 0 bridgehead atoms. The topological polar surface area (TPSA) is 12.5 Å². The first-order valence-electron chi connectivity index (χ1n) is 7.79. The predicted octanol–water partition coefficient (Wildman–Crippen LogP) is 3.78. The Bertz CT molecular complexity index is 629. The summed E-state index contributed by atoms with van der Waals surface area (Å²) in [7, 11) is 2.21. The maximum atomic E-state index is 6.40. The lowest BCUT2D eigenvalue weighted by atomic mass is 9.68. The van der Waals surface area contributed by atoms with Crippen LogP contribution in [0.3, 0.4) is 0 Å². The largest absolute Gasteiger partial charge is 0.484 e. The van der Waals surface area contributed by atoms with Crippen molar-refractivity contribution in [3.8, 4) is 5.75 Å². The molecule has 1 atom stereocenters. The van der Waals surface area contributed by atoms with Crippen molar-refractivity contribution < 1.29 is 4.74 Å². The van der Waals surface area contributed by atoms with Crippen LogP contribution in [0.5, 0.6) is 5.75 Å². The van der Waals surface area contributed by atoms with Crippen LogP contribution in [-0.4, -0.2) is 25.0 Å². The second-order valence-electron chi connectivity index (χ2n) is 6.36. The van der Waals surface area contributed by atoms with Gasteiger partial charge in [0.15, 0.2) is 0 Å². The van der Waals surface area contributed by atoms with Gasteiger partial charge in [-0.25, -0.2) is 0 Å². The van der Waals surface area contributed by atoms with Crippen molar-refractivity contribution in [3.63, 3.8) is 0 Å². The maximum absolute atomic E-state index is 6.40. The number of para-hydroxylation sites is 1. The van der Waals surface area contributed by atoms with Crippen LogP contribution in [0.1, 0.15) is 30.1 Å².